The highest BCUT2D eigenvalue weighted by atomic mass is 16.4. The molecule has 3 N–H and O–H groups in total. The lowest BCUT2D eigenvalue weighted by atomic mass is 10.0. The van der Waals surface area contributed by atoms with Crippen molar-refractivity contribution < 1.29 is 14.7 Å². The van der Waals surface area contributed by atoms with Crippen LogP contribution in [0.15, 0.2) is 15.7 Å². The fourth-order valence-corrected chi connectivity index (χ4v) is 2.51. The van der Waals surface area contributed by atoms with Crippen molar-refractivity contribution in [2.24, 2.45) is 5.92 Å². The van der Waals surface area contributed by atoms with Crippen LogP contribution in [-0.4, -0.2) is 44.9 Å². The standard InChI is InChI=1S/C13H17N3O5/c17-10-5-9(14-13(21)15-10)6-11(18)16-4-3-8(7-16)1-2-12(19)20/h5,8H,1-4,6-7H2,(H,19,20)(H2,14,15,17,21). The average molecular weight is 295 g/mol. The minimum atomic E-state index is -0.833. The lowest BCUT2D eigenvalue weighted by Gasteiger charge is -2.16. The lowest BCUT2D eigenvalue weighted by Crippen LogP contribution is -2.32. The number of carboxylic acid groups (broad SMARTS) is 1. The molecule has 2 rings (SSSR count). The van der Waals surface area contributed by atoms with E-state index < -0.39 is 17.2 Å². The summed E-state index contributed by atoms with van der Waals surface area (Å²) in [5.41, 5.74) is -0.893. The van der Waals surface area contributed by atoms with E-state index in [-0.39, 0.29) is 30.4 Å². The third kappa shape index (κ3) is 4.30. The van der Waals surface area contributed by atoms with E-state index in [4.69, 9.17) is 5.11 Å². The second kappa shape index (κ2) is 6.38. The van der Waals surface area contributed by atoms with Crippen LogP contribution in [0.5, 0.6) is 0 Å². The van der Waals surface area contributed by atoms with Crippen molar-refractivity contribution >= 4 is 11.9 Å². The molecule has 0 spiro atoms. The van der Waals surface area contributed by atoms with Crippen molar-refractivity contribution in [3.8, 4) is 0 Å². The maximum absolute atomic E-state index is 12.1. The zero-order chi connectivity index (χ0) is 15.4. The molecule has 1 atom stereocenters. The number of aromatic nitrogens is 2. The highest BCUT2D eigenvalue weighted by Crippen LogP contribution is 2.21. The topological polar surface area (TPSA) is 123 Å². The predicted molar refractivity (Wildman–Crippen MR) is 72.9 cm³/mol. The molecule has 8 nitrogen and oxygen atoms in total. The minimum absolute atomic E-state index is 0.0369. The molecule has 114 valence electrons. The molecule has 2 heterocycles. The fraction of sp³-hybridized carbons (Fsp3) is 0.538. The van der Waals surface area contributed by atoms with Crippen LogP contribution < -0.4 is 11.2 Å². The Kier molecular flexibility index (Phi) is 4.56. The molecule has 8 heteroatoms. The first-order chi connectivity index (χ1) is 9.94. The van der Waals surface area contributed by atoms with Gasteiger partial charge in [0.2, 0.25) is 5.91 Å². The number of hydrogen-bond acceptors (Lipinski definition) is 4. The van der Waals surface area contributed by atoms with E-state index in [1.54, 1.807) is 4.90 Å². The molecule has 1 aliphatic heterocycles. The maximum Gasteiger partial charge on any atom is 0.325 e. The Bertz CT molecular complexity index is 619. The molecule has 0 aliphatic carbocycles. The molecule has 1 aliphatic rings. The van der Waals surface area contributed by atoms with Crippen molar-refractivity contribution in [2.75, 3.05) is 13.1 Å². The van der Waals surface area contributed by atoms with Crippen molar-refractivity contribution in [2.45, 2.75) is 25.7 Å². The molecule has 1 aromatic heterocycles. The third-order valence-corrected chi connectivity index (χ3v) is 3.56. The van der Waals surface area contributed by atoms with Gasteiger partial charge in [-0.3, -0.25) is 19.4 Å². The first-order valence-electron chi connectivity index (χ1n) is 6.76. The van der Waals surface area contributed by atoms with Crippen LogP contribution in [0.1, 0.15) is 25.0 Å². The predicted octanol–water partition coefficient (Wildman–Crippen LogP) is -0.681. The van der Waals surface area contributed by atoms with E-state index in [1.165, 1.54) is 6.07 Å². The van der Waals surface area contributed by atoms with Crippen LogP contribution in [0.2, 0.25) is 0 Å². The minimum Gasteiger partial charge on any atom is -0.481 e. The summed E-state index contributed by atoms with van der Waals surface area (Å²) in [6, 6.07) is 1.19. The summed E-state index contributed by atoms with van der Waals surface area (Å²) >= 11 is 0. The number of carbonyl (C=O) groups is 2. The number of carboxylic acids is 1. The molecular weight excluding hydrogens is 278 g/mol. The van der Waals surface area contributed by atoms with E-state index >= 15 is 0 Å². The Morgan fingerprint density at radius 3 is 2.76 bits per heavy atom. The molecule has 1 fully saturated rings. The molecule has 21 heavy (non-hydrogen) atoms. The van der Waals surface area contributed by atoms with Gasteiger partial charge in [0.25, 0.3) is 5.56 Å². The second-order valence-corrected chi connectivity index (χ2v) is 5.22. The number of nitrogens with zero attached hydrogens (tertiary/aromatic N) is 1. The number of likely N-dealkylation sites (tertiary alicyclic amines) is 1. The van der Waals surface area contributed by atoms with Gasteiger partial charge in [-0.1, -0.05) is 0 Å². The summed E-state index contributed by atoms with van der Waals surface area (Å²) in [6.07, 6.45) is 1.41. The smallest absolute Gasteiger partial charge is 0.325 e. The Morgan fingerprint density at radius 1 is 1.33 bits per heavy atom. The van der Waals surface area contributed by atoms with Gasteiger partial charge in [-0.15, -0.1) is 0 Å². The van der Waals surface area contributed by atoms with Gasteiger partial charge < -0.3 is 15.0 Å². The molecule has 0 aromatic carbocycles. The van der Waals surface area contributed by atoms with Crippen molar-refractivity contribution in [3.63, 3.8) is 0 Å². The van der Waals surface area contributed by atoms with E-state index in [0.717, 1.165) is 6.42 Å². The summed E-state index contributed by atoms with van der Waals surface area (Å²) in [7, 11) is 0. The van der Waals surface area contributed by atoms with E-state index in [2.05, 4.69) is 4.98 Å². The first-order valence-corrected chi connectivity index (χ1v) is 6.76. The van der Waals surface area contributed by atoms with Crippen LogP contribution in [0.25, 0.3) is 0 Å². The number of aliphatic carboxylic acids is 1. The Labute approximate surface area is 119 Å². The van der Waals surface area contributed by atoms with Crippen LogP contribution >= 0.6 is 0 Å². The van der Waals surface area contributed by atoms with E-state index in [9.17, 15) is 19.2 Å². The highest BCUT2D eigenvalue weighted by molar-refractivity contribution is 5.78. The number of rotatable bonds is 5. The lowest BCUT2D eigenvalue weighted by molar-refractivity contribution is -0.137. The summed E-state index contributed by atoms with van der Waals surface area (Å²) in [5.74, 6) is -0.807. The van der Waals surface area contributed by atoms with Crippen LogP contribution in [0.4, 0.5) is 0 Å². The van der Waals surface area contributed by atoms with Crippen LogP contribution in [0, 0.1) is 5.92 Å². The van der Waals surface area contributed by atoms with Crippen molar-refractivity contribution in [1.29, 1.82) is 0 Å². The zero-order valence-electron chi connectivity index (χ0n) is 11.4. The van der Waals surface area contributed by atoms with Gasteiger partial charge in [-0.05, 0) is 18.8 Å². The summed E-state index contributed by atoms with van der Waals surface area (Å²) in [5, 5.41) is 8.65. The normalized spacial score (nSPS) is 17.9. The molecular formula is C13H17N3O5. The first kappa shape index (κ1) is 15.0. The maximum atomic E-state index is 12.1. The SMILES string of the molecule is O=C(O)CCC1CCN(C(=O)Cc2cc(=O)[nH]c(=O)[nH]2)C1. The summed E-state index contributed by atoms with van der Waals surface area (Å²) in [4.78, 5) is 51.0. The average Bonchev–Trinajstić information content (AvgIpc) is 2.83. The van der Waals surface area contributed by atoms with Gasteiger partial charge in [0.15, 0.2) is 0 Å². The number of hydrogen-bond donors (Lipinski definition) is 3. The molecule has 0 bridgehead atoms. The van der Waals surface area contributed by atoms with Gasteiger partial charge in [0.05, 0.1) is 6.42 Å². The van der Waals surface area contributed by atoms with Crippen molar-refractivity contribution in [1.82, 2.24) is 14.9 Å². The monoisotopic (exact) mass is 295 g/mol. The number of H-pyrrole nitrogens is 2. The number of carbonyl (C=O) groups excluding carboxylic acids is 1. The van der Waals surface area contributed by atoms with Gasteiger partial charge in [0.1, 0.15) is 0 Å². The van der Waals surface area contributed by atoms with Crippen molar-refractivity contribution in [3.05, 3.63) is 32.6 Å². The molecule has 1 amide bonds. The fourth-order valence-electron chi connectivity index (χ4n) is 2.51. The van der Waals surface area contributed by atoms with Crippen LogP contribution in [-0.2, 0) is 16.0 Å². The zero-order valence-corrected chi connectivity index (χ0v) is 11.4. The largest absolute Gasteiger partial charge is 0.481 e. The quantitative estimate of drug-likeness (QED) is 0.664. The Hall–Kier alpha value is -2.38. The summed E-state index contributed by atoms with van der Waals surface area (Å²) < 4.78 is 0. The number of amides is 1. The molecule has 1 aromatic rings. The Balaban J connectivity index is 1.91. The second-order valence-electron chi connectivity index (χ2n) is 5.22. The molecule has 0 radical (unpaired) electrons. The highest BCUT2D eigenvalue weighted by Gasteiger charge is 2.26. The molecule has 1 unspecified atom stereocenters. The van der Waals surface area contributed by atoms with E-state index in [0.29, 0.717) is 19.5 Å². The van der Waals surface area contributed by atoms with Gasteiger partial charge in [-0.25, -0.2) is 4.79 Å². The van der Waals surface area contributed by atoms with Crippen LogP contribution in [0.3, 0.4) is 0 Å². The third-order valence-electron chi connectivity index (χ3n) is 3.56. The van der Waals surface area contributed by atoms with Gasteiger partial charge in [-0.2, -0.15) is 0 Å². The number of aromatic amines is 2. The summed E-state index contributed by atoms with van der Waals surface area (Å²) in [6.45, 7) is 1.11. The van der Waals surface area contributed by atoms with Gasteiger partial charge >= 0.3 is 11.7 Å². The Morgan fingerprint density at radius 2 is 2.10 bits per heavy atom. The molecule has 0 saturated carbocycles. The van der Waals surface area contributed by atoms with Gasteiger partial charge in [0, 0.05) is 31.3 Å². The molecule has 1 saturated heterocycles. The number of nitrogens with one attached hydrogen (secondary N) is 2. The van der Waals surface area contributed by atoms with E-state index in [1.807, 2.05) is 4.98 Å².